The number of aromatic nitrogens is 1. The molecule has 29 heavy (non-hydrogen) atoms. The number of ether oxygens (including phenoxy) is 1. The minimum atomic E-state index is -4.91. The molecule has 0 saturated carbocycles. The zero-order chi connectivity index (χ0) is 21.8. The molecule has 6 nitrogen and oxygen atoms in total. The van der Waals surface area contributed by atoms with Crippen molar-refractivity contribution in [2.24, 2.45) is 5.92 Å². The van der Waals surface area contributed by atoms with Crippen molar-refractivity contribution in [3.63, 3.8) is 0 Å². The highest BCUT2D eigenvalue weighted by atomic mass is 19.4. The summed E-state index contributed by atoms with van der Waals surface area (Å²) in [4.78, 5) is 28.3. The third kappa shape index (κ3) is 6.74. The number of hydrogen-bond donors (Lipinski definition) is 2. The Hall–Kier alpha value is -3.17. The number of alkyl halides is 3. The highest BCUT2D eigenvalue weighted by Crippen LogP contribution is 2.24. The van der Waals surface area contributed by atoms with Crippen molar-refractivity contribution in [2.75, 3.05) is 5.32 Å². The Morgan fingerprint density at radius 2 is 1.86 bits per heavy atom. The molecule has 0 unspecified atom stereocenters. The van der Waals surface area contributed by atoms with Crippen molar-refractivity contribution in [1.82, 2.24) is 10.3 Å². The van der Waals surface area contributed by atoms with Crippen molar-refractivity contribution in [1.29, 1.82) is 0 Å². The Bertz CT molecular complexity index is 914. The molecule has 1 aromatic heterocycles. The summed E-state index contributed by atoms with van der Waals surface area (Å²) in [5.74, 6) is -2.39. The van der Waals surface area contributed by atoms with E-state index in [4.69, 9.17) is 0 Å². The van der Waals surface area contributed by atoms with E-state index in [0.717, 1.165) is 18.2 Å². The van der Waals surface area contributed by atoms with Crippen molar-refractivity contribution >= 4 is 17.6 Å². The quantitative estimate of drug-likeness (QED) is 0.703. The second-order valence-electron chi connectivity index (χ2n) is 6.51. The Morgan fingerprint density at radius 1 is 1.17 bits per heavy atom. The largest absolute Gasteiger partial charge is 0.573 e. The van der Waals surface area contributed by atoms with Crippen LogP contribution in [0.25, 0.3) is 0 Å². The van der Waals surface area contributed by atoms with Gasteiger partial charge in [0.05, 0.1) is 0 Å². The number of nitrogens with zero attached hydrogens (tertiary/aromatic N) is 1. The Balaban J connectivity index is 2.12. The summed E-state index contributed by atoms with van der Waals surface area (Å²) in [6.45, 7) is 4.65. The smallest absolute Gasteiger partial charge is 0.406 e. The molecule has 0 fully saturated rings. The Kier molecular flexibility index (Phi) is 6.78. The van der Waals surface area contributed by atoms with Gasteiger partial charge in [-0.15, -0.1) is 13.2 Å². The summed E-state index contributed by atoms with van der Waals surface area (Å²) >= 11 is 0. The van der Waals surface area contributed by atoms with E-state index in [0.29, 0.717) is 5.69 Å². The van der Waals surface area contributed by atoms with Crippen LogP contribution >= 0.6 is 0 Å². The van der Waals surface area contributed by atoms with Gasteiger partial charge in [-0.2, -0.15) is 0 Å². The Labute approximate surface area is 164 Å². The van der Waals surface area contributed by atoms with Crippen LogP contribution in [0.4, 0.5) is 23.4 Å². The van der Waals surface area contributed by atoms with E-state index in [1.807, 2.05) is 0 Å². The number of halogens is 4. The number of amides is 2. The van der Waals surface area contributed by atoms with Gasteiger partial charge in [-0.05, 0) is 37.3 Å². The minimum absolute atomic E-state index is 0.152. The lowest BCUT2D eigenvalue weighted by molar-refractivity contribution is -0.274. The molecule has 0 bridgehead atoms. The first-order chi connectivity index (χ1) is 13.4. The van der Waals surface area contributed by atoms with Crippen LogP contribution in [0.15, 0.2) is 30.3 Å². The molecule has 2 N–H and O–H groups in total. The fourth-order valence-electron chi connectivity index (χ4n) is 2.30. The SMILES string of the molecule is Cc1cc(C(=O)NCc2cc(OC(F)(F)F)ccc2F)cc(NC(=O)C(C)C)n1. The van der Waals surface area contributed by atoms with Crippen LogP contribution in [0.3, 0.4) is 0 Å². The van der Waals surface area contributed by atoms with Gasteiger partial charge in [0.2, 0.25) is 5.91 Å². The normalized spacial score (nSPS) is 11.3. The molecule has 0 aliphatic rings. The van der Waals surface area contributed by atoms with Crippen LogP contribution in [0, 0.1) is 18.7 Å². The van der Waals surface area contributed by atoms with Gasteiger partial charge < -0.3 is 15.4 Å². The maximum absolute atomic E-state index is 13.9. The summed E-state index contributed by atoms with van der Waals surface area (Å²) in [7, 11) is 0. The molecule has 0 spiro atoms. The first-order valence-electron chi connectivity index (χ1n) is 8.56. The van der Waals surface area contributed by atoms with Crippen molar-refractivity contribution in [2.45, 2.75) is 33.7 Å². The lowest BCUT2D eigenvalue weighted by Gasteiger charge is -2.12. The fraction of sp³-hybridized carbons (Fsp3) is 0.316. The molecule has 0 aliphatic heterocycles. The number of hydrogen-bond acceptors (Lipinski definition) is 4. The highest BCUT2D eigenvalue weighted by molar-refractivity contribution is 5.97. The zero-order valence-electron chi connectivity index (χ0n) is 15.9. The number of nitrogens with one attached hydrogen (secondary N) is 2. The number of carbonyl (C=O) groups is 2. The number of rotatable bonds is 6. The van der Waals surface area contributed by atoms with E-state index in [1.54, 1.807) is 20.8 Å². The zero-order valence-corrected chi connectivity index (χ0v) is 15.9. The Morgan fingerprint density at radius 3 is 2.48 bits per heavy atom. The number of anilines is 1. The molecular formula is C19H19F4N3O3. The molecule has 156 valence electrons. The maximum atomic E-state index is 13.9. The van der Waals surface area contributed by atoms with E-state index < -0.39 is 23.8 Å². The average Bonchev–Trinajstić information content (AvgIpc) is 2.60. The molecule has 0 radical (unpaired) electrons. The predicted molar refractivity (Wildman–Crippen MR) is 96.7 cm³/mol. The average molecular weight is 413 g/mol. The van der Waals surface area contributed by atoms with E-state index in [-0.39, 0.29) is 35.3 Å². The monoisotopic (exact) mass is 413 g/mol. The van der Waals surface area contributed by atoms with Crippen LogP contribution in [-0.2, 0) is 11.3 Å². The molecular weight excluding hydrogens is 394 g/mol. The van der Waals surface area contributed by atoms with E-state index in [9.17, 15) is 27.2 Å². The summed E-state index contributed by atoms with van der Waals surface area (Å²) in [5.41, 5.74) is 0.433. The van der Waals surface area contributed by atoms with Crippen molar-refractivity contribution in [3.8, 4) is 5.75 Å². The van der Waals surface area contributed by atoms with Crippen LogP contribution in [0.1, 0.15) is 35.5 Å². The fourth-order valence-corrected chi connectivity index (χ4v) is 2.30. The van der Waals surface area contributed by atoms with E-state index >= 15 is 0 Å². The van der Waals surface area contributed by atoms with E-state index in [1.165, 1.54) is 12.1 Å². The van der Waals surface area contributed by atoms with Crippen LogP contribution in [-0.4, -0.2) is 23.2 Å². The molecule has 1 aromatic carbocycles. The van der Waals surface area contributed by atoms with Crippen LogP contribution < -0.4 is 15.4 Å². The third-order valence-electron chi connectivity index (χ3n) is 3.68. The first-order valence-corrected chi connectivity index (χ1v) is 8.56. The summed E-state index contributed by atoms with van der Waals surface area (Å²) in [6.07, 6.45) is -4.91. The maximum Gasteiger partial charge on any atom is 0.573 e. The van der Waals surface area contributed by atoms with Crippen molar-refractivity contribution in [3.05, 3.63) is 53.0 Å². The third-order valence-corrected chi connectivity index (χ3v) is 3.68. The summed E-state index contributed by atoms with van der Waals surface area (Å²) in [5, 5.41) is 5.00. The standard InChI is InChI=1S/C19H19F4N3O3/c1-10(2)17(27)26-16-8-12(6-11(3)25-16)18(28)24-9-13-7-14(4-5-15(13)20)29-19(21,22)23/h4-8,10H,9H2,1-3H3,(H,24,28)(H,25,26,27). The van der Waals surface area contributed by atoms with Gasteiger partial charge in [-0.25, -0.2) is 9.37 Å². The molecule has 0 saturated heterocycles. The second kappa shape index (κ2) is 8.89. The van der Waals surface area contributed by atoms with Crippen molar-refractivity contribution < 1.29 is 31.9 Å². The van der Waals surface area contributed by atoms with Gasteiger partial charge in [-0.3, -0.25) is 9.59 Å². The summed E-state index contributed by atoms with van der Waals surface area (Å²) in [6, 6.07) is 5.32. The topological polar surface area (TPSA) is 80.3 Å². The van der Waals surface area contributed by atoms with Crippen LogP contribution in [0.2, 0.25) is 0 Å². The number of aryl methyl sites for hydroxylation is 1. The van der Waals surface area contributed by atoms with Gasteiger partial charge in [0.15, 0.2) is 0 Å². The minimum Gasteiger partial charge on any atom is -0.406 e. The van der Waals surface area contributed by atoms with Gasteiger partial charge in [0.25, 0.3) is 5.91 Å². The lowest BCUT2D eigenvalue weighted by Crippen LogP contribution is -2.24. The molecule has 1 heterocycles. The number of pyridine rings is 1. The molecule has 2 aromatic rings. The molecule has 10 heteroatoms. The number of benzene rings is 1. The highest BCUT2D eigenvalue weighted by Gasteiger charge is 2.31. The molecule has 0 atom stereocenters. The van der Waals surface area contributed by atoms with Crippen LogP contribution in [0.5, 0.6) is 5.75 Å². The lowest BCUT2D eigenvalue weighted by atomic mass is 10.1. The molecule has 0 aliphatic carbocycles. The van der Waals surface area contributed by atoms with E-state index in [2.05, 4.69) is 20.4 Å². The molecule has 2 rings (SSSR count). The van der Waals surface area contributed by atoms with Gasteiger partial charge >= 0.3 is 6.36 Å². The van der Waals surface area contributed by atoms with Gasteiger partial charge in [0, 0.05) is 29.3 Å². The first kappa shape index (κ1) is 22.1. The predicted octanol–water partition coefficient (Wildman–Crippen LogP) is 3.95. The second-order valence-corrected chi connectivity index (χ2v) is 6.51. The van der Waals surface area contributed by atoms with Gasteiger partial charge in [0.1, 0.15) is 17.4 Å². The molecule has 2 amide bonds. The number of carbonyl (C=O) groups excluding carboxylic acids is 2. The van der Waals surface area contributed by atoms with Gasteiger partial charge in [-0.1, -0.05) is 13.8 Å². The summed E-state index contributed by atoms with van der Waals surface area (Å²) < 4.78 is 54.5.